The van der Waals surface area contributed by atoms with Crippen LogP contribution in [-0.2, 0) is 6.54 Å². The lowest BCUT2D eigenvalue weighted by Gasteiger charge is -2.33. The average molecular weight is 327 g/mol. The van der Waals surface area contributed by atoms with Crippen LogP contribution in [0.3, 0.4) is 0 Å². The second-order valence-electron chi connectivity index (χ2n) is 7.42. The van der Waals surface area contributed by atoms with Gasteiger partial charge < -0.3 is 4.98 Å². The first-order valence-corrected chi connectivity index (χ1v) is 9.32. The molecule has 0 amide bonds. The highest BCUT2D eigenvalue weighted by Gasteiger charge is 2.29. The molecule has 0 radical (unpaired) electrons. The molecule has 0 bridgehead atoms. The molecule has 2 aliphatic carbocycles. The topological polar surface area (TPSA) is 31.9 Å². The minimum absolute atomic E-state index is 0.202. The van der Waals surface area contributed by atoms with Crippen LogP contribution in [0.25, 0.3) is 11.3 Å². The van der Waals surface area contributed by atoms with Crippen molar-refractivity contribution in [3.63, 3.8) is 0 Å². The summed E-state index contributed by atoms with van der Waals surface area (Å²) in [6.45, 7) is 2.12. The first-order valence-electron chi connectivity index (χ1n) is 9.32. The van der Waals surface area contributed by atoms with E-state index in [4.69, 9.17) is 0 Å². The molecule has 3 nitrogen and oxygen atoms in total. The normalized spacial score (nSPS) is 19.1. The predicted octanol–water partition coefficient (Wildman–Crippen LogP) is 4.76. The van der Waals surface area contributed by atoms with Gasteiger partial charge in [-0.2, -0.15) is 0 Å². The highest BCUT2D eigenvalue weighted by atomic mass is 19.1. The van der Waals surface area contributed by atoms with Crippen LogP contribution in [0.4, 0.5) is 4.39 Å². The maximum absolute atomic E-state index is 13.1. The van der Waals surface area contributed by atoms with Crippen LogP contribution in [-0.4, -0.2) is 27.5 Å². The SMILES string of the molecule is Fc1ccc(-c2cnc(CN(CC3CC3)C3CCCCC3)[nH]2)cc1. The van der Waals surface area contributed by atoms with Crippen molar-refractivity contribution in [3.8, 4) is 11.3 Å². The summed E-state index contributed by atoms with van der Waals surface area (Å²) < 4.78 is 13.1. The molecule has 0 saturated heterocycles. The van der Waals surface area contributed by atoms with Gasteiger partial charge in [-0.15, -0.1) is 0 Å². The summed E-state index contributed by atoms with van der Waals surface area (Å²) in [6.07, 6.45) is 11.4. The van der Waals surface area contributed by atoms with E-state index < -0.39 is 0 Å². The van der Waals surface area contributed by atoms with Crippen molar-refractivity contribution in [2.24, 2.45) is 5.92 Å². The molecule has 2 aliphatic rings. The Kier molecular flexibility index (Phi) is 4.65. The maximum atomic E-state index is 13.1. The van der Waals surface area contributed by atoms with Crippen molar-refractivity contribution in [3.05, 3.63) is 42.1 Å². The Morgan fingerprint density at radius 3 is 2.50 bits per heavy atom. The van der Waals surface area contributed by atoms with E-state index in [-0.39, 0.29) is 5.82 Å². The van der Waals surface area contributed by atoms with Gasteiger partial charge in [-0.05, 0) is 61.4 Å². The van der Waals surface area contributed by atoms with Crippen LogP contribution in [0, 0.1) is 11.7 Å². The van der Waals surface area contributed by atoms with E-state index in [1.54, 1.807) is 12.1 Å². The third-order valence-corrected chi connectivity index (χ3v) is 5.42. The molecule has 0 atom stereocenters. The lowest BCUT2D eigenvalue weighted by Crippen LogP contribution is -2.38. The molecule has 2 fully saturated rings. The number of imidazole rings is 1. The van der Waals surface area contributed by atoms with Crippen LogP contribution in [0.1, 0.15) is 50.8 Å². The quantitative estimate of drug-likeness (QED) is 0.829. The second-order valence-corrected chi connectivity index (χ2v) is 7.42. The van der Waals surface area contributed by atoms with Crippen molar-refractivity contribution in [1.29, 1.82) is 0 Å². The number of hydrogen-bond donors (Lipinski definition) is 1. The van der Waals surface area contributed by atoms with Crippen molar-refractivity contribution in [2.45, 2.75) is 57.5 Å². The van der Waals surface area contributed by atoms with E-state index in [2.05, 4.69) is 14.9 Å². The molecule has 4 heteroatoms. The first-order chi connectivity index (χ1) is 11.8. The Labute approximate surface area is 143 Å². The Hall–Kier alpha value is -1.68. The van der Waals surface area contributed by atoms with E-state index in [9.17, 15) is 4.39 Å². The molecular weight excluding hydrogens is 301 g/mol. The van der Waals surface area contributed by atoms with Gasteiger partial charge in [0.1, 0.15) is 11.6 Å². The van der Waals surface area contributed by atoms with Gasteiger partial charge in [-0.3, -0.25) is 4.90 Å². The van der Waals surface area contributed by atoms with Crippen molar-refractivity contribution in [1.82, 2.24) is 14.9 Å². The number of halogens is 1. The van der Waals surface area contributed by atoms with Crippen molar-refractivity contribution < 1.29 is 4.39 Å². The second kappa shape index (κ2) is 7.06. The molecule has 0 unspecified atom stereocenters. The van der Waals surface area contributed by atoms with Gasteiger partial charge in [0, 0.05) is 12.6 Å². The lowest BCUT2D eigenvalue weighted by molar-refractivity contribution is 0.138. The smallest absolute Gasteiger partial charge is 0.123 e. The number of aromatic nitrogens is 2. The summed E-state index contributed by atoms with van der Waals surface area (Å²) in [5.41, 5.74) is 1.96. The molecule has 1 aromatic heterocycles. The third-order valence-electron chi connectivity index (χ3n) is 5.42. The fraction of sp³-hybridized carbons (Fsp3) is 0.550. The summed E-state index contributed by atoms with van der Waals surface area (Å²) in [6, 6.07) is 7.32. The largest absolute Gasteiger partial charge is 0.341 e. The molecular formula is C20H26FN3. The molecule has 0 spiro atoms. The maximum Gasteiger partial charge on any atom is 0.123 e. The molecule has 0 aliphatic heterocycles. The molecule has 2 aromatic rings. The third kappa shape index (κ3) is 3.86. The van der Waals surface area contributed by atoms with Gasteiger partial charge >= 0.3 is 0 Å². The van der Waals surface area contributed by atoms with Crippen LogP contribution in [0.2, 0.25) is 0 Å². The summed E-state index contributed by atoms with van der Waals surface area (Å²) >= 11 is 0. The highest BCUT2D eigenvalue weighted by Crippen LogP contribution is 2.33. The number of H-pyrrole nitrogens is 1. The zero-order valence-electron chi connectivity index (χ0n) is 14.2. The fourth-order valence-corrected chi connectivity index (χ4v) is 3.83. The zero-order valence-corrected chi connectivity index (χ0v) is 14.2. The summed E-state index contributed by atoms with van der Waals surface area (Å²) in [5.74, 6) is 1.73. The highest BCUT2D eigenvalue weighted by molar-refractivity contribution is 5.58. The van der Waals surface area contributed by atoms with E-state index in [1.807, 2.05) is 6.20 Å². The van der Waals surface area contributed by atoms with Gasteiger partial charge in [0.2, 0.25) is 0 Å². The minimum atomic E-state index is -0.202. The first kappa shape index (κ1) is 15.8. The van der Waals surface area contributed by atoms with E-state index in [0.29, 0.717) is 0 Å². The van der Waals surface area contributed by atoms with E-state index in [0.717, 1.165) is 35.6 Å². The summed E-state index contributed by atoms with van der Waals surface area (Å²) in [5, 5.41) is 0. The van der Waals surface area contributed by atoms with Crippen LogP contribution >= 0.6 is 0 Å². The predicted molar refractivity (Wildman–Crippen MR) is 94.0 cm³/mol. The van der Waals surface area contributed by atoms with E-state index in [1.165, 1.54) is 63.6 Å². The van der Waals surface area contributed by atoms with Crippen LogP contribution < -0.4 is 0 Å². The Balaban J connectivity index is 1.46. The molecule has 2 saturated carbocycles. The number of rotatable bonds is 6. The molecule has 1 N–H and O–H groups in total. The Bertz CT molecular complexity index is 654. The standard InChI is InChI=1S/C20H26FN3/c21-17-10-8-16(9-11-17)19-12-22-20(23-19)14-24(13-15-6-7-15)18-4-2-1-3-5-18/h8-12,15,18H,1-7,13-14H2,(H,22,23). The molecule has 4 rings (SSSR count). The van der Waals surface area contributed by atoms with Gasteiger partial charge in [0.15, 0.2) is 0 Å². The molecule has 128 valence electrons. The number of nitrogens with zero attached hydrogens (tertiary/aromatic N) is 2. The average Bonchev–Trinajstić information content (AvgIpc) is 3.31. The van der Waals surface area contributed by atoms with E-state index >= 15 is 0 Å². The van der Waals surface area contributed by atoms with Gasteiger partial charge in [0.25, 0.3) is 0 Å². The van der Waals surface area contributed by atoms with Crippen molar-refractivity contribution in [2.75, 3.05) is 6.54 Å². The fourth-order valence-electron chi connectivity index (χ4n) is 3.83. The van der Waals surface area contributed by atoms with Gasteiger partial charge in [0.05, 0.1) is 18.4 Å². The summed E-state index contributed by atoms with van der Waals surface area (Å²) in [7, 11) is 0. The van der Waals surface area contributed by atoms with Gasteiger partial charge in [-0.25, -0.2) is 9.37 Å². The Morgan fingerprint density at radius 2 is 1.79 bits per heavy atom. The lowest BCUT2D eigenvalue weighted by atomic mass is 9.94. The molecule has 1 heterocycles. The van der Waals surface area contributed by atoms with Crippen molar-refractivity contribution >= 4 is 0 Å². The van der Waals surface area contributed by atoms with Crippen LogP contribution in [0.5, 0.6) is 0 Å². The zero-order chi connectivity index (χ0) is 16.4. The number of benzene rings is 1. The number of hydrogen-bond acceptors (Lipinski definition) is 2. The number of aromatic amines is 1. The molecule has 24 heavy (non-hydrogen) atoms. The monoisotopic (exact) mass is 327 g/mol. The van der Waals surface area contributed by atoms with Crippen LogP contribution in [0.15, 0.2) is 30.5 Å². The number of nitrogens with one attached hydrogen (secondary N) is 1. The minimum Gasteiger partial charge on any atom is -0.341 e. The Morgan fingerprint density at radius 1 is 1.04 bits per heavy atom. The summed E-state index contributed by atoms with van der Waals surface area (Å²) in [4.78, 5) is 10.7. The molecule has 1 aromatic carbocycles. The van der Waals surface area contributed by atoms with Gasteiger partial charge in [-0.1, -0.05) is 19.3 Å².